The highest BCUT2D eigenvalue weighted by atomic mass is 16.2. The van der Waals surface area contributed by atoms with Gasteiger partial charge >= 0.3 is 0 Å². The van der Waals surface area contributed by atoms with Gasteiger partial charge in [-0.2, -0.15) is 0 Å². The fraction of sp³-hybridized carbons (Fsp3) is 0.0588. The number of amides is 2. The Morgan fingerprint density at radius 1 is 0.730 bits per heavy atom. The lowest BCUT2D eigenvalue weighted by Crippen LogP contribution is -2.36. The molecule has 2 aliphatic rings. The number of hydrogen-bond acceptors (Lipinski definition) is 2. The molecule has 0 N–H and O–H groups in total. The van der Waals surface area contributed by atoms with E-state index in [1.165, 1.54) is 17.5 Å². The van der Waals surface area contributed by atoms with Crippen LogP contribution in [0.15, 0.2) is 109 Å². The van der Waals surface area contributed by atoms with Gasteiger partial charge in [0.25, 0.3) is 11.8 Å². The van der Waals surface area contributed by atoms with Crippen molar-refractivity contribution in [3.63, 3.8) is 0 Å². The van der Waals surface area contributed by atoms with Gasteiger partial charge in [-0.15, -0.1) is 0 Å². The molecule has 0 spiro atoms. The number of allylic oxidation sites excluding steroid dienone is 5. The summed E-state index contributed by atoms with van der Waals surface area (Å²) in [4.78, 5) is 26.4. The summed E-state index contributed by atoms with van der Waals surface area (Å²) in [5.41, 5.74) is 6.23. The highest BCUT2D eigenvalue weighted by Gasteiger charge is 2.30. The summed E-state index contributed by atoms with van der Waals surface area (Å²) in [6.45, 7) is 0. The molecule has 176 valence electrons. The lowest BCUT2D eigenvalue weighted by atomic mass is 9.91. The Bertz CT molecular complexity index is 1670. The Morgan fingerprint density at radius 3 is 2.08 bits per heavy atom. The van der Waals surface area contributed by atoms with Gasteiger partial charge in [0, 0.05) is 40.6 Å². The Morgan fingerprint density at radius 2 is 1.38 bits per heavy atom. The molecule has 0 unspecified atom stereocenters. The average Bonchev–Trinajstić information content (AvgIpc) is 3.47. The van der Waals surface area contributed by atoms with Crippen LogP contribution in [0.3, 0.4) is 0 Å². The number of nitrogens with zero attached hydrogens (tertiary/aromatic N) is 1. The molecule has 1 aliphatic heterocycles. The Balaban J connectivity index is 1.24. The highest BCUT2D eigenvalue weighted by Crippen LogP contribution is 2.31. The van der Waals surface area contributed by atoms with E-state index in [9.17, 15) is 9.59 Å². The van der Waals surface area contributed by atoms with Gasteiger partial charge < -0.3 is 0 Å². The van der Waals surface area contributed by atoms with Gasteiger partial charge in [0.05, 0.1) is 0 Å². The molecule has 6 rings (SSSR count). The van der Waals surface area contributed by atoms with Gasteiger partial charge in [-0.05, 0) is 52.4 Å². The van der Waals surface area contributed by atoms with Crippen LogP contribution >= 0.6 is 0 Å². The van der Waals surface area contributed by atoms with Crippen molar-refractivity contribution in [2.75, 3.05) is 7.05 Å². The second kappa shape index (κ2) is 9.26. The fourth-order valence-corrected chi connectivity index (χ4v) is 4.80. The predicted octanol–water partition coefficient (Wildman–Crippen LogP) is 6.89. The topological polar surface area (TPSA) is 37.4 Å². The molecule has 1 aliphatic carbocycles. The van der Waals surface area contributed by atoms with Crippen molar-refractivity contribution in [2.45, 2.75) is 0 Å². The summed E-state index contributed by atoms with van der Waals surface area (Å²) in [7, 11) is 1.52. The molecule has 0 atom stereocenters. The molecular formula is C34H23NO2. The van der Waals surface area contributed by atoms with Crippen LogP contribution in [0.4, 0.5) is 0 Å². The van der Waals surface area contributed by atoms with Crippen LogP contribution in [0.1, 0.15) is 37.4 Å². The minimum atomic E-state index is -0.282. The van der Waals surface area contributed by atoms with E-state index in [1.54, 1.807) is 12.1 Å². The molecule has 3 nitrogen and oxygen atoms in total. The van der Waals surface area contributed by atoms with E-state index < -0.39 is 0 Å². The lowest BCUT2D eigenvalue weighted by molar-refractivity contribution is 0.0650. The Kier molecular flexibility index (Phi) is 5.63. The zero-order valence-electron chi connectivity index (χ0n) is 20.3. The first-order valence-electron chi connectivity index (χ1n) is 12.2. The molecule has 37 heavy (non-hydrogen) atoms. The molecule has 0 radical (unpaired) electrons. The molecule has 0 saturated heterocycles. The molecule has 3 heteroatoms. The number of rotatable bonds is 3. The van der Waals surface area contributed by atoms with E-state index >= 15 is 0 Å². The van der Waals surface area contributed by atoms with Crippen LogP contribution in [0, 0.1) is 17.8 Å². The lowest BCUT2D eigenvalue weighted by Gasteiger charge is -2.23. The maximum atomic E-state index is 12.6. The van der Waals surface area contributed by atoms with Crippen molar-refractivity contribution >= 4 is 28.7 Å². The highest BCUT2D eigenvalue weighted by molar-refractivity contribution is 6.25. The summed E-state index contributed by atoms with van der Waals surface area (Å²) in [5, 5.41) is 1.51. The van der Waals surface area contributed by atoms with Crippen LogP contribution < -0.4 is 0 Å². The standard InChI is InChI=1S/C34H23NO2/c1-35-33(36)30-8-4-7-29-28(21-22-31(32(29)30)34(35)37)20-15-25-13-18-27(19-14-25)26-16-11-24(12-17-26)10-9-23-5-2-3-6-23/h2-14,16-19,21-23H,1H3/b10-9+. The first-order valence-corrected chi connectivity index (χ1v) is 12.2. The molecular weight excluding hydrogens is 454 g/mol. The third kappa shape index (κ3) is 4.20. The minimum absolute atomic E-state index is 0.282. The van der Waals surface area contributed by atoms with Gasteiger partial charge in [-0.1, -0.05) is 96.8 Å². The molecule has 2 amide bonds. The molecule has 0 aromatic heterocycles. The zero-order valence-corrected chi connectivity index (χ0v) is 20.3. The van der Waals surface area contributed by atoms with Crippen molar-refractivity contribution in [1.82, 2.24) is 4.90 Å². The van der Waals surface area contributed by atoms with Crippen molar-refractivity contribution in [1.29, 1.82) is 0 Å². The van der Waals surface area contributed by atoms with E-state index in [1.807, 2.05) is 30.3 Å². The molecule has 0 bridgehead atoms. The van der Waals surface area contributed by atoms with Gasteiger partial charge in [-0.25, -0.2) is 0 Å². The van der Waals surface area contributed by atoms with E-state index in [0.717, 1.165) is 27.6 Å². The second-order valence-corrected chi connectivity index (χ2v) is 9.21. The van der Waals surface area contributed by atoms with Crippen molar-refractivity contribution in [3.05, 3.63) is 137 Å². The maximum Gasteiger partial charge on any atom is 0.261 e. The quantitative estimate of drug-likeness (QED) is 0.238. The minimum Gasteiger partial charge on any atom is -0.277 e. The monoisotopic (exact) mass is 477 g/mol. The smallest absolute Gasteiger partial charge is 0.261 e. The normalized spacial score (nSPS) is 14.6. The third-order valence-corrected chi connectivity index (χ3v) is 6.87. The van der Waals surface area contributed by atoms with Crippen molar-refractivity contribution in [3.8, 4) is 23.0 Å². The van der Waals surface area contributed by atoms with Crippen LogP contribution in [-0.2, 0) is 0 Å². The second-order valence-electron chi connectivity index (χ2n) is 9.21. The molecule has 4 aromatic carbocycles. The summed E-state index contributed by atoms with van der Waals surface area (Å²) in [6.07, 6.45) is 12.8. The Hall–Kier alpha value is -4.94. The predicted molar refractivity (Wildman–Crippen MR) is 149 cm³/mol. The average molecular weight is 478 g/mol. The van der Waals surface area contributed by atoms with Gasteiger partial charge in [0.2, 0.25) is 0 Å². The van der Waals surface area contributed by atoms with Crippen LogP contribution in [0.5, 0.6) is 0 Å². The van der Waals surface area contributed by atoms with Gasteiger partial charge in [0.1, 0.15) is 0 Å². The summed E-state index contributed by atoms with van der Waals surface area (Å²) < 4.78 is 0. The molecule has 4 aromatic rings. The first kappa shape index (κ1) is 22.5. The van der Waals surface area contributed by atoms with E-state index in [4.69, 9.17) is 0 Å². The summed E-state index contributed by atoms with van der Waals surface area (Å²) in [6, 6.07) is 25.9. The number of imide groups is 1. The van der Waals surface area contributed by atoms with Crippen LogP contribution in [0.2, 0.25) is 0 Å². The number of carbonyl (C=O) groups is 2. The first-order chi connectivity index (χ1) is 18.1. The van der Waals surface area contributed by atoms with Crippen LogP contribution in [-0.4, -0.2) is 23.8 Å². The summed E-state index contributed by atoms with van der Waals surface area (Å²) in [5.74, 6) is 6.31. The molecule has 1 heterocycles. The van der Waals surface area contributed by atoms with Crippen molar-refractivity contribution < 1.29 is 9.59 Å². The van der Waals surface area contributed by atoms with Crippen molar-refractivity contribution in [2.24, 2.45) is 5.92 Å². The van der Waals surface area contributed by atoms with Gasteiger partial charge in [-0.3, -0.25) is 14.5 Å². The Labute approximate surface area is 216 Å². The van der Waals surface area contributed by atoms with E-state index in [0.29, 0.717) is 22.4 Å². The zero-order chi connectivity index (χ0) is 25.4. The largest absolute Gasteiger partial charge is 0.277 e. The van der Waals surface area contributed by atoms with E-state index in [-0.39, 0.29) is 11.8 Å². The number of benzene rings is 4. The molecule has 0 saturated carbocycles. The summed E-state index contributed by atoms with van der Waals surface area (Å²) >= 11 is 0. The van der Waals surface area contributed by atoms with E-state index in [2.05, 4.69) is 84.7 Å². The van der Waals surface area contributed by atoms with Crippen LogP contribution in [0.25, 0.3) is 28.0 Å². The number of hydrogen-bond donors (Lipinski definition) is 0. The molecule has 0 fully saturated rings. The third-order valence-electron chi connectivity index (χ3n) is 6.87. The SMILES string of the molecule is CN1C(=O)c2cccc3c(C#Cc4ccc(-c5ccc(/C=C/C6C=CC=C6)cc5)cc4)ccc(c23)C1=O. The maximum absolute atomic E-state index is 12.6. The number of carbonyl (C=O) groups excluding carboxylic acids is 2. The van der Waals surface area contributed by atoms with Gasteiger partial charge in [0.15, 0.2) is 0 Å². The fourth-order valence-electron chi connectivity index (χ4n) is 4.80.